The van der Waals surface area contributed by atoms with Gasteiger partial charge < -0.3 is 15.4 Å². The monoisotopic (exact) mass is 345 g/mol. The summed E-state index contributed by atoms with van der Waals surface area (Å²) >= 11 is 2.28. The number of nitrogens with one attached hydrogen (secondary N) is 2. The summed E-state index contributed by atoms with van der Waals surface area (Å²) in [4.78, 5) is 4.32. The van der Waals surface area contributed by atoms with Crippen LogP contribution >= 0.6 is 22.6 Å². The van der Waals surface area contributed by atoms with Crippen LogP contribution in [0.4, 0.5) is 0 Å². The van der Waals surface area contributed by atoms with Crippen molar-refractivity contribution < 1.29 is 4.74 Å². The van der Waals surface area contributed by atoms with Crippen molar-refractivity contribution in [2.75, 3.05) is 26.2 Å². The van der Waals surface area contributed by atoms with Crippen LogP contribution in [0.15, 0.2) is 29.3 Å². The van der Waals surface area contributed by atoms with Gasteiger partial charge in [-0.15, -0.1) is 0 Å². The van der Waals surface area contributed by atoms with E-state index in [-0.39, 0.29) is 0 Å². The smallest absolute Gasteiger partial charge is 0.191 e. The molecule has 1 heterocycles. The van der Waals surface area contributed by atoms with Gasteiger partial charge >= 0.3 is 0 Å². The minimum absolute atomic E-state index is 0.640. The fourth-order valence-electron chi connectivity index (χ4n) is 1.52. The molecule has 2 N–H and O–H groups in total. The highest BCUT2D eigenvalue weighted by Gasteiger charge is 2.02. The van der Waals surface area contributed by atoms with E-state index in [1.165, 1.54) is 3.57 Å². The second-order valence-electron chi connectivity index (χ2n) is 3.74. The molecule has 0 bridgehead atoms. The first-order chi connectivity index (χ1) is 8.34. The van der Waals surface area contributed by atoms with Gasteiger partial charge in [-0.1, -0.05) is 0 Å². The molecule has 0 aliphatic carbocycles. The number of hydrogen-bond donors (Lipinski definition) is 2. The van der Waals surface area contributed by atoms with Crippen molar-refractivity contribution in [2.24, 2.45) is 4.99 Å². The van der Waals surface area contributed by atoms with Crippen LogP contribution in [0.3, 0.4) is 0 Å². The molecule has 4 nitrogen and oxygen atoms in total. The van der Waals surface area contributed by atoms with Crippen LogP contribution in [0.2, 0.25) is 0 Å². The van der Waals surface area contributed by atoms with Gasteiger partial charge in [-0.2, -0.15) is 0 Å². The number of nitrogens with zero attached hydrogens (tertiary/aromatic N) is 1. The van der Waals surface area contributed by atoms with Crippen molar-refractivity contribution in [1.82, 2.24) is 10.6 Å². The second kappa shape index (κ2) is 6.68. The van der Waals surface area contributed by atoms with Crippen molar-refractivity contribution in [3.63, 3.8) is 0 Å². The molecule has 0 spiro atoms. The molecule has 17 heavy (non-hydrogen) atoms. The first-order valence-corrected chi connectivity index (χ1v) is 6.83. The lowest BCUT2D eigenvalue weighted by molar-refractivity contribution is 0.321. The molecule has 0 aromatic heterocycles. The van der Waals surface area contributed by atoms with Crippen molar-refractivity contribution in [2.45, 2.75) is 6.42 Å². The largest absolute Gasteiger partial charge is 0.492 e. The third kappa shape index (κ3) is 4.41. The van der Waals surface area contributed by atoms with Crippen molar-refractivity contribution in [1.29, 1.82) is 0 Å². The molecule has 2 rings (SSSR count). The van der Waals surface area contributed by atoms with Crippen molar-refractivity contribution in [3.8, 4) is 5.75 Å². The number of halogens is 1. The minimum atomic E-state index is 0.640. The number of benzene rings is 1. The van der Waals surface area contributed by atoms with Gasteiger partial charge in [-0.25, -0.2) is 0 Å². The van der Waals surface area contributed by atoms with Crippen molar-refractivity contribution >= 4 is 28.6 Å². The summed E-state index contributed by atoms with van der Waals surface area (Å²) in [6.07, 6.45) is 1.12. The topological polar surface area (TPSA) is 45.6 Å². The van der Waals surface area contributed by atoms with Crippen LogP contribution in [0.1, 0.15) is 6.42 Å². The summed E-state index contributed by atoms with van der Waals surface area (Å²) in [6.45, 7) is 3.32. The summed E-state index contributed by atoms with van der Waals surface area (Å²) in [5, 5.41) is 6.42. The summed E-state index contributed by atoms with van der Waals surface area (Å²) < 4.78 is 6.82. The van der Waals surface area contributed by atoms with Crippen LogP contribution in [0.25, 0.3) is 0 Å². The highest BCUT2D eigenvalue weighted by molar-refractivity contribution is 14.1. The van der Waals surface area contributed by atoms with E-state index in [2.05, 4.69) is 38.2 Å². The summed E-state index contributed by atoms with van der Waals surface area (Å²) in [6, 6.07) is 8.04. The Morgan fingerprint density at radius 3 is 2.88 bits per heavy atom. The highest BCUT2D eigenvalue weighted by Crippen LogP contribution is 2.12. The van der Waals surface area contributed by atoms with E-state index in [4.69, 9.17) is 4.74 Å². The van der Waals surface area contributed by atoms with Crippen LogP contribution in [0, 0.1) is 3.57 Å². The van der Waals surface area contributed by atoms with Gasteiger partial charge in [-0.05, 0) is 53.3 Å². The maximum atomic E-state index is 5.60. The SMILES string of the molecule is Ic1ccc(OCCNC2=NCCCN2)cc1. The van der Waals surface area contributed by atoms with E-state index >= 15 is 0 Å². The first-order valence-electron chi connectivity index (χ1n) is 5.75. The predicted octanol–water partition coefficient (Wildman–Crippen LogP) is 1.61. The Balaban J connectivity index is 1.66. The molecule has 0 unspecified atom stereocenters. The molecule has 1 aliphatic rings. The summed E-state index contributed by atoms with van der Waals surface area (Å²) in [5.74, 6) is 1.80. The second-order valence-corrected chi connectivity index (χ2v) is 4.99. The lowest BCUT2D eigenvalue weighted by Gasteiger charge is -2.16. The van der Waals surface area contributed by atoms with Gasteiger partial charge in [0.1, 0.15) is 12.4 Å². The Morgan fingerprint density at radius 1 is 1.35 bits per heavy atom. The summed E-state index contributed by atoms with van der Waals surface area (Å²) in [5.41, 5.74) is 0. The van der Waals surface area contributed by atoms with Gasteiger partial charge in [-0.3, -0.25) is 4.99 Å². The lowest BCUT2D eigenvalue weighted by Crippen LogP contribution is -2.42. The van der Waals surface area contributed by atoms with Crippen molar-refractivity contribution in [3.05, 3.63) is 27.8 Å². The molecule has 0 saturated heterocycles. The molecule has 5 heteroatoms. The Bertz CT molecular complexity index is 378. The van der Waals surface area contributed by atoms with Gasteiger partial charge in [0, 0.05) is 16.7 Å². The molecule has 0 saturated carbocycles. The molecule has 1 aliphatic heterocycles. The molecule has 92 valence electrons. The average Bonchev–Trinajstić information content (AvgIpc) is 2.38. The van der Waals surface area contributed by atoms with E-state index < -0.39 is 0 Å². The molecule has 0 atom stereocenters. The molecule has 0 amide bonds. The number of hydrogen-bond acceptors (Lipinski definition) is 4. The molecular formula is C12H16IN3O. The first kappa shape index (κ1) is 12.5. The molecule has 0 fully saturated rings. The predicted molar refractivity (Wildman–Crippen MR) is 77.6 cm³/mol. The minimum Gasteiger partial charge on any atom is -0.492 e. The Labute approximate surface area is 115 Å². The van der Waals surface area contributed by atoms with E-state index in [0.717, 1.165) is 37.8 Å². The van der Waals surface area contributed by atoms with Gasteiger partial charge in [0.2, 0.25) is 0 Å². The zero-order chi connectivity index (χ0) is 11.9. The Hall–Kier alpha value is -0.980. The number of aliphatic imine (C=N–C) groups is 1. The summed E-state index contributed by atoms with van der Waals surface area (Å²) in [7, 11) is 0. The van der Waals surface area contributed by atoms with Gasteiger partial charge in [0.05, 0.1) is 6.54 Å². The van der Waals surface area contributed by atoms with Crippen LogP contribution in [-0.2, 0) is 0 Å². The number of ether oxygens (including phenoxy) is 1. The van der Waals surface area contributed by atoms with Crippen LogP contribution in [0.5, 0.6) is 5.75 Å². The fraction of sp³-hybridized carbons (Fsp3) is 0.417. The van der Waals surface area contributed by atoms with Gasteiger partial charge in [0.15, 0.2) is 5.96 Å². The van der Waals surface area contributed by atoms with E-state index in [0.29, 0.717) is 6.61 Å². The quantitative estimate of drug-likeness (QED) is 0.644. The Morgan fingerprint density at radius 2 is 2.18 bits per heavy atom. The number of guanidine groups is 1. The average molecular weight is 345 g/mol. The standard InChI is InChI=1S/C12H16IN3O/c13-10-2-4-11(5-3-10)17-9-8-16-12-14-6-1-7-15-12/h2-5H,1,6-9H2,(H2,14,15,16). The maximum absolute atomic E-state index is 5.60. The highest BCUT2D eigenvalue weighted by atomic mass is 127. The normalized spacial score (nSPS) is 14.8. The molecule has 1 aromatic rings. The van der Waals surface area contributed by atoms with E-state index in [9.17, 15) is 0 Å². The number of rotatable bonds is 4. The van der Waals surface area contributed by atoms with E-state index in [1.54, 1.807) is 0 Å². The molecule has 0 radical (unpaired) electrons. The van der Waals surface area contributed by atoms with Crippen LogP contribution < -0.4 is 15.4 Å². The third-order valence-electron chi connectivity index (χ3n) is 2.37. The fourth-order valence-corrected chi connectivity index (χ4v) is 1.88. The Kier molecular flexibility index (Phi) is 4.90. The zero-order valence-corrected chi connectivity index (χ0v) is 11.7. The lowest BCUT2D eigenvalue weighted by atomic mass is 10.3. The molecular weight excluding hydrogens is 329 g/mol. The van der Waals surface area contributed by atoms with E-state index in [1.807, 2.05) is 24.3 Å². The van der Waals surface area contributed by atoms with Crippen LogP contribution in [-0.4, -0.2) is 32.2 Å². The molecule has 1 aromatic carbocycles. The maximum Gasteiger partial charge on any atom is 0.191 e. The third-order valence-corrected chi connectivity index (χ3v) is 3.09. The zero-order valence-electron chi connectivity index (χ0n) is 9.58. The van der Waals surface area contributed by atoms with Gasteiger partial charge in [0.25, 0.3) is 0 Å².